The van der Waals surface area contributed by atoms with Crippen molar-refractivity contribution in [1.29, 1.82) is 0 Å². The molecule has 8 nitrogen and oxygen atoms in total. The van der Waals surface area contributed by atoms with Crippen LogP contribution in [0.15, 0.2) is 63.2 Å². The first kappa shape index (κ1) is 21.0. The molecule has 29 heavy (non-hydrogen) atoms. The number of aliphatic imine (C=N–C) groups is 1. The zero-order valence-electron chi connectivity index (χ0n) is 15.5. The number of H-pyrrole nitrogens is 1. The lowest BCUT2D eigenvalue weighted by Crippen LogP contribution is -2.26. The van der Waals surface area contributed by atoms with Crippen LogP contribution in [0.25, 0.3) is 5.69 Å². The van der Waals surface area contributed by atoms with E-state index < -0.39 is 10.0 Å². The Bertz CT molecular complexity index is 1180. The minimum absolute atomic E-state index is 0.0606. The average Bonchev–Trinajstić information content (AvgIpc) is 2.99. The lowest BCUT2D eigenvalue weighted by atomic mass is 10.2. The summed E-state index contributed by atoms with van der Waals surface area (Å²) in [7, 11) is -3.68. The second kappa shape index (κ2) is 8.75. The highest BCUT2D eigenvalue weighted by molar-refractivity contribution is 7.89. The molecule has 0 bridgehead atoms. The van der Waals surface area contributed by atoms with E-state index >= 15 is 0 Å². The van der Waals surface area contributed by atoms with Gasteiger partial charge in [-0.15, -0.1) is 0 Å². The molecule has 0 radical (unpaired) electrons. The molecule has 3 N–H and O–H groups in total. The van der Waals surface area contributed by atoms with Crippen molar-refractivity contribution in [2.75, 3.05) is 13.2 Å². The Kier molecular flexibility index (Phi) is 6.33. The molecule has 0 atom stereocenters. The van der Waals surface area contributed by atoms with Crippen LogP contribution in [0.1, 0.15) is 11.3 Å². The van der Waals surface area contributed by atoms with Gasteiger partial charge in [-0.05, 0) is 55.5 Å². The number of hydrogen-bond donors (Lipinski definition) is 3. The summed E-state index contributed by atoms with van der Waals surface area (Å²) in [5.41, 5.74) is 1.90. The van der Waals surface area contributed by atoms with Crippen molar-refractivity contribution in [3.8, 4) is 5.69 Å². The van der Waals surface area contributed by atoms with Gasteiger partial charge in [0.1, 0.15) is 0 Å². The van der Waals surface area contributed by atoms with Gasteiger partial charge in [0.2, 0.25) is 10.0 Å². The van der Waals surface area contributed by atoms with E-state index in [0.29, 0.717) is 27.7 Å². The predicted octanol–water partition coefficient (Wildman–Crippen LogP) is 2.15. The Morgan fingerprint density at radius 2 is 1.83 bits per heavy atom. The van der Waals surface area contributed by atoms with E-state index in [9.17, 15) is 13.2 Å². The Morgan fingerprint density at radius 3 is 2.45 bits per heavy atom. The second-order valence-corrected chi connectivity index (χ2v) is 8.34. The minimum atomic E-state index is -3.68. The molecule has 0 aliphatic heterocycles. The van der Waals surface area contributed by atoms with E-state index in [0.717, 1.165) is 0 Å². The summed E-state index contributed by atoms with van der Waals surface area (Å²) < 4.78 is 27.7. The second-order valence-electron chi connectivity index (χ2n) is 6.14. The molecule has 0 spiro atoms. The zero-order valence-corrected chi connectivity index (χ0v) is 17.0. The highest BCUT2D eigenvalue weighted by atomic mass is 35.5. The number of nitrogens with one attached hydrogen (secondary N) is 2. The van der Waals surface area contributed by atoms with Crippen LogP contribution in [0.4, 0.5) is 5.69 Å². The Labute approximate surface area is 172 Å². The lowest BCUT2D eigenvalue weighted by molar-refractivity contribution is 0.301. The van der Waals surface area contributed by atoms with Gasteiger partial charge in [0, 0.05) is 23.5 Å². The Balaban J connectivity index is 1.83. The third kappa shape index (κ3) is 4.83. The number of hydrogen-bond acceptors (Lipinski definition) is 5. The molecule has 0 aliphatic rings. The van der Waals surface area contributed by atoms with Gasteiger partial charge >= 0.3 is 0 Å². The van der Waals surface area contributed by atoms with E-state index in [1.165, 1.54) is 35.2 Å². The highest BCUT2D eigenvalue weighted by Crippen LogP contribution is 2.17. The number of aliphatic hydroxyl groups excluding tert-OH is 1. The van der Waals surface area contributed by atoms with Crippen LogP contribution in [0.2, 0.25) is 5.02 Å². The molecular weight excluding hydrogens is 416 g/mol. The van der Waals surface area contributed by atoms with Crippen LogP contribution in [-0.2, 0) is 10.0 Å². The van der Waals surface area contributed by atoms with Crippen molar-refractivity contribution in [1.82, 2.24) is 14.5 Å². The van der Waals surface area contributed by atoms with E-state index in [1.807, 2.05) is 0 Å². The molecule has 3 rings (SSSR count). The number of aryl methyl sites for hydroxylation is 1. The first-order valence-electron chi connectivity index (χ1n) is 8.64. The lowest BCUT2D eigenvalue weighted by Gasteiger charge is -2.05. The molecule has 0 aliphatic carbocycles. The Morgan fingerprint density at radius 1 is 1.17 bits per heavy atom. The molecule has 2 aromatic carbocycles. The molecule has 1 aromatic heterocycles. The summed E-state index contributed by atoms with van der Waals surface area (Å²) in [5, 5.41) is 12.3. The number of nitrogens with zero attached hydrogens (tertiary/aromatic N) is 2. The summed E-state index contributed by atoms with van der Waals surface area (Å²) in [4.78, 5) is 17.0. The minimum Gasteiger partial charge on any atom is -0.395 e. The van der Waals surface area contributed by atoms with Gasteiger partial charge in [0.15, 0.2) is 0 Å². The van der Waals surface area contributed by atoms with Crippen molar-refractivity contribution in [2.45, 2.75) is 11.8 Å². The first-order chi connectivity index (χ1) is 13.8. The molecule has 0 fully saturated rings. The maximum atomic E-state index is 12.7. The molecule has 0 saturated heterocycles. The van der Waals surface area contributed by atoms with Crippen LogP contribution in [0.5, 0.6) is 0 Å². The predicted molar refractivity (Wildman–Crippen MR) is 112 cm³/mol. The monoisotopic (exact) mass is 434 g/mol. The van der Waals surface area contributed by atoms with Crippen LogP contribution in [0.3, 0.4) is 0 Å². The number of aromatic nitrogens is 2. The van der Waals surface area contributed by atoms with Crippen molar-refractivity contribution in [3.05, 3.63) is 75.2 Å². The Hall–Kier alpha value is -2.72. The SMILES string of the molecule is Cc1[nH]n(-c2ccc(Cl)cc2)c(=O)c1C=Nc1ccc(S(=O)(=O)NCCO)cc1. The van der Waals surface area contributed by atoms with Crippen LogP contribution in [0, 0.1) is 6.92 Å². The standard InChI is InChI=1S/C19H19ClN4O4S/c1-13-18(19(26)24(23-13)16-6-2-14(20)3-7-16)12-21-15-4-8-17(9-5-15)29(27,28)22-10-11-25/h2-9,12,22-23,25H,10-11H2,1H3. The van der Waals surface area contributed by atoms with E-state index in [2.05, 4.69) is 14.8 Å². The molecule has 10 heteroatoms. The van der Waals surface area contributed by atoms with Gasteiger partial charge in [-0.25, -0.2) is 17.8 Å². The fourth-order valence-electron chi connectivity index (χ4n) is 2.60. The molecule has 0 saturated carbocycles. The van der Waals surface area contributed by atoms with Gasteiger partial charge in [-0.2, -0.15) is 0 Å². The highest BCUT2D eigenvalue weighted by Gasteiger charge is 2.13. The van der Waals surface area contributed by atoms with Crippen LogP contribution in [-0.4, -0.2) is 42.7 Å². The van der Waals surface area contributed by atoms with Crippen LogP contribution < -0.4 is 10.3 Å². The van der Waals surface area contributed by atoms with Crippen molar-refractivity contribution in [3.63, 3.8) is 0 Å². The first-order valence-corrected chi connectivity index (χ1v) is 10.5. The molecule has 152 valence electrons. The van der Waals surface area contributed by atoms with E-state index in [-0.39, 0.29) is 23.6 Å². The average molecular weight is 435 g/mol. The third-order valence-corrected chi connectivity index (χ3v) is 5.82. The maximum absolute atomic E-state index is 12.7. The van der Waals surface area contributed by atoms with Gasteiger partial charge in [0.25, 0.3) is 5.56 Å². The van der Waals surface area contributed by atoms with Gasteiger partial charge in [0.05, 0.1) is 28.4 Å². The summed E-state index contributed by atoms with van der Waals surface area (Å²) in [6.45, 7) is 1.41. The number of aromatic amines is 1. The van der Waals surface area contributed by atoms with Gasteiger partial charge < -0.3 is 5.11 Å². The third-order valence-electron chi connectivity index (χ3n) is 4.10. The number of sulfonamides is 1. The van der Waals surface area contributed by atoms with Crippen molar-refractivity contribution >= 4 is 33.5 Å². The zero-order chi connectivity index (χ0) is 21.0. The fraction of sp³-hybridized carbons (Fsp3) is 0.158. The fourth-order valence-corrected chi connectivity index (χ4v) is 3.74. The smallest absolute Gasteiger partial charge is 0.280 e. The number of aliphatic hydroxyl groups is 1. The summed E-state index contributed by atoms with van der Waals surface area (Å²) in [6, 6.07) is 12.7. The summed E-state index contributed by atoms with van der Waals surface area (Å²) in [5.74, 6) is 0. The number of rotatable bonds is 7. The molecule has 3 aromatic rings. The quantitative estimate of drug-likeness (QED) is 0.494. The maximum Gasteiger partial charge on any atom is 0.280 e. The van der Waals surface area contributed by atoms with E-state index in [4.69, 9.17) is 16.7 Å². The van der Waals surface area contributed by atoms with Gasteiger partial charge in [-0.3, -0.25) is 14.9 Å². The van der Waals surface area contributed by atoms with Crippen molar-refractivity contribution in [2.24, 2.45) is 4.99 Å². The largest absolute Gasteiger partial charge is 0.395 e. The molecule has 0 amide bonds. The topological polar surface area (TPSA) is 117 Å². The van der Waals surface area contributed by atoms with E-state index in [1.54, 1.807) is 31.2 Å². The van der Waals surface area contributed by atoms with Gasteiger partial charge in [-0.1, -0.05) is 11.6 Å². The van der Waals surface area contributed by atoms with Crippen molar-refractivity contribution < 1.29 is 13.5 Å². The molecule has 1 heterocycles. The molecular formula is C19H19ClN4O4S. The molecule has 0 unspecified atom stereocenters. The number of benzene rings is 2. The summed E-state index contributed by atoms with van der Waals surface area (Å²) in [6.07, 6.45) is 1.44. The number of halogens is 1. The normalized spacial score (nSPS) is 12.0. The van der Waals surface area contributed by atoms with Crippen LogP contribution >= 0.6 is 11.6 Å². The summed E-state index contributed by atoms with van der Waals surface area (Å²) >= 11 is 5.89.